The Morgan fingerprint density at radius 3 is 2.78 bits per heavy atom. The molecule has 27 heavy (non-hydrogen) atoms. The van der Waals surface area contributed by atoms with Crippen LogP contribution in [-0.4, -0.2) is 31.4 Å². The Kier molecular flexibility index (Phi) is 4.96. The number of hydrogen-bond donors (Lipinski definition) is 1. The van der Waals surface area contributed by atoms with E-state index in [1.807, 2.05) is 37.3 Å². The molecule has 0 aromatic heterocycles. The van der Waals surface area contributed by atoms with Crippen LogP contribution in [0.15, 0.2) is 41.6 Å². The van der Waals surface area contributed by atoms with Gasteiger partial charge in [-0.1, -0.05) is 11.2 Å². The summed E-state index contributed by atoms with van der Waals surface area (Å²) in [4.78, 5) is 17.3. The van der Waals surface area contributed by atoms with Gasteiger partial charge in [0, 0.05) is 11.3 Å². The molecule has 0 unspecified atom stereocenters. The molecular weight excluding hydrogens is 344 g/mol. The predicted octanol–water partition coefficient (Wildman–Crippen LogP) is 3.33. The van der Waals surface area contributed by atoms with E-state index in [0.29, 0.717) is 24.7 Å². The van der Waals surface area contributed by atoms with Crippen LogP contribution in [0.4, 0.5) is 5.69 Å². The third-order valence-corrected chi connectivity index (χ3v) is 4.74. The third-order valence-electron chi connectivity index (χ3n) is 4.74. The van der Waals surface area contributed by atoms with Gasteiger partial charge < -0.3 is 19.6 Å². The molecule has 0 spiro atoms. The van der Waals surface area contributed by atoms with Crippen molar-refractivity contribution in [3.63, 3.8) is 0 Å². The minimum absolute atomic E-state index is 0.140. The fourth-order valence-electron chi connectivity index (χ4n) is 3.36. The van der Waals surface area contributed by atoms with Gasteiger partial charge in [-0.2, -0.15) is 0 Å². The van der Waals surface area contributed by atoms with Crippen LogP contribution in [0.1, 0.15) is 30.0 Å². The number of rotatable bonds is 5. The summed E-state index contributed by atoms with van der Waals surface area (Å²) in [6, 6.07) is 11.7. The van der Waals surface area contributed by atoms with E-state index >= 15 is 0 Å². The zero-order chi connectivity index (χ0) is 18.6. The lowest BCUT2D eigenvalue weighted by Crippen LogP contribution is -2.17. The van der Waals surface area contributed by atoms with Crippen molar-refractivity contribution in [2.75, 3.05) is 25.1 Å². The molecule has 2 aromatic rings. The molecule has 1 amide bonds. The van der Waals surface area contributed by atoms with Crippen molar-refractivity contribution in [1.82, 2.24) is 0 Å². The molecule has 1 N–H and O–H groups in total. The van der Waals surface area contributed by atoms with Crippen LogP contribution in [0.2, 0.25) is 0 Å². The summed E-state index contributed by atoms with van der Waals surface area (Å²) in [7, 11) is 0. The van der Waals surface area contributed by atoms with Crippen molar-refractivity contribution >= 4 is 17.3 Å². The molecule has 0 radical (unpaired) electrons. The lowest BCUT2D eigenvalue weighted by atomic mass is 10.1. The highest BCUT2D eigenvalue weighted by Crippen LogP contribution is 2.31. The molecule has 0 saturated carbocycles. The number of anilines is 1. The normalized spacial score (nSPS) is 15.2. The second kappa shape index (κ2) is 7.70. The Bertz CT molecular complexity index is 892. The van der Waals surface area contributed by atoms with Crippen molar-refractivity contribution in [3.8, 4) is 11.5 Å². The van der Waals surface area contributed by atoms with Crippen molar-refractivity contribution in [2.24, 2.45) is 5.16 Å². The highest BCUT2D eigenvalue weighted by Gasteiger charge is 2.14. The van der Waals surface area contributed by atoms with E-state index in [1.165, 1.54) is 17.5 Å². The van der Waals surface area contributed by atoms with Gasteiger partial charge in [0.25, 0.3) is 5.91 Å². The summed E-state index contributed by atoms with van der Waals surface area (Å²) < 4.78 is 11.1. The van der Waals surface area contributed by atoms with E-state index in [0.717, 1.165) is 29.8 Å². The monoisotopic (exact) mass is 366 g/mol. The molecule has 4 rings (SSSR count). The predicted molar refractivity (Wildman–Crippen MR) is 103 cm³/mol. The van der Waals surface area contributed by atoms with Crippen molar-refractivity contribution in [1.29, 1.82) is 0 Å². The van der Waals surface area contributed by atoms with Crippen molar-refractivity contribution < 1.29 is 19.1 Å². The summed E-state index contributed by atoms with van der Waals surface area (Å²) in [5.74, 6) is 1.20. The molecule has 140 valence electrons. The smallest absolute Gasteiger partial charge is 0.265 e. The van der Waals surface area contributed by atoms with Crippen LogP contribution in [0.3, 0.4) is 0 Å². The fraction of sp³-hybridized carbons (Fsp3) is 0.333. The van der Waals surface area contributed by atoms with Crippen molar-refractivity contribution in [2.45, 2.75) is 26.2 Å². The highest BCUT2D eigenvalue weighted by atomic mass is 16.6. The SMILES string of the molecule is C/C(=N\OCC(=O)Nc1ccc2c(c1)CCC2)c1ccc2c(c1)OCCO2. The van der Waals surface area contributed by atoms with Gasteiger partial charge in [-0.3, -0.25) is 4.79 Å². The molecule has 6 nitrogen and oxygen atoms in total. The average Bonchev–Trinajstić information content (AvgIpc) is 3.15. The number of carbonyl (C=O) groups excluding carboxylic acids is 1. The van der Waals surface area contributed by atoms with Gasteiger partial charge in [0.05, 0.1) is 5.71 Å². The number of ether oxygens (including phenoxy) is 2. The maximum Gasteiger partial charge on any atom is 0.265 e. The van der Waals surface area contributed by atoms with Crippen LogP contribution < -0.4 is 14.8 Å². The van der Waals surface area contributed by atoms with Gasteiger partial charge in [0.1, 0.15) is 13.2 Å². The lowest BCUT2D eigenvalue weighted by Gasteiger charge is -2.18. The second-order valence-corrected chi connectivity index (χ2v) is 6.69. The highest BCUT2D eigenvalue weighted by molar-refractivity contribution is 5.99. The molecule has 1 heterocycles. The first-order valence-corrected chi connectivity index (χ1v) is 9.17. The average molecular weight is 366 g/mol. The van der Waals surface area contributed by atoms with E-state index in [1.54, 1.807) is 0 Å². The molecule has 1 aliphatic carbocycles. The number of aryl methyl sites for hydroxylation is 2. The van der Waals surface area contributed by atoms with Gasteiger partial charge in [-0.25, -0.2) is 0 Å². The minimum Gasteiger partial charge on any atom is -0.486 e. The van der Waals surface area contributed by atoms with Crippen LogP contribution in [0.5, 0.6) is 11.5 Å². The van der Waals surface area contributed by atoms with Gasteiger partial charge in [0.2, 0.25) is 0 Å². The molecule has 1 aliphatic heterocycles. The van der Waals surface area contributed by atoms with Gasteiger partial charge >= 0.3 is 0 Å². The van der Waals surface area contributed by atoms with E-state index < -0.39 is 0 Å². The number of hydrogen-bond acceptors (Lipinski definition) is 5. The van der Waals surface area contributed by atoms with E-state index in [2.05, 4.69) is 16.5 Å². The van der Waals surface area contributed by atoms with Crippen LogP contribution in [-0.2, 0) is 22.5 Å². The topological polar surface area (TPSA) is 69.2 Å². The summed E-state index contributed by atoms with van der Waals surface area (Å²) in [5.41, 5.74) is 5.03. The first-order chi connectivity index (χ1) is 13.2. The Labute approximate surface area is 158 Å². The maximum absolute atomic E-state index is 12.1. The van der Waals surface area contributed by atoms with Crippen molar-refractivity contribution in [3.05, 3.63) is 53.1 Å². The standard InChI is InChI=1S/C21H22N2O4/c1-14(16-6-8-19-20(12-16)26-10-9-25-19)23-27-13-21(24)22-18-7-5-15-3-2-4-17(15)11-18/h5-8,11-12H,2-4,9-10,13H2,1H3,(H,22,24)/b23-14+. The molecule has 0 fully saturated rings. The van der Waals surface area contributed by atoms with Gasteiger partial charge in [-0.05, 0) is 67.6 Å². The largest absolute Gasteiger partial charge is 0.486 e. The molecular formula is C21H22N2O4. The van der Waals surface area contributed by atoms with E-state index in [9.17, 15) is 4.79 Å². The second-order valence-electron chi connectivity index (χ2n) is 6.69. The van der Waals surface area contributed by atoms with Crippen LogP contribution >= 0.6 is 0 Å². The first-order valence-electron chi connectivity index (χ1n) is 9.17. The number of nitrogens with one attached hydrogen (secondary N) is 1. The molecule has 6 heteroatoms. The van der Waals surface area contributed by atoms with E-state index in [-0.39, 0.29) is 12.5 Å². The molecule has 0 atom stereocenters. The molecule has 0 saturated heterocycles. The summed E-state index contributed by atoms with van der Waals surface area (Å²) in [6.45, 7) is 2.77. The summed E-state index contributed by atoms with van der Waals surface area (Å²) >= 11 is 0. The lowest BCUT2D eigenvalue weighted by molar-refractivity contribution is -0.120. The Morgan fingerprint density at radius 1 is 1.07 bits per heavy atom. The molecule has 2 aliphatic rings. The molecule has 2 aromatic carbocycles. The number of amides is 1. The summed E-state index contributed by atoms with van der Waals surface area (Å²) in [6.07, 6.45) is 3.39. The number of fused-ring (bicyclic) bond motifs is 2. The number of carbonyl (C=O) groups is 1. The Morgan fingerprint density at radius 2 is 1.89 bits per heavy atom. The van der Waals surface area contributed by atoms with Crippen LogP contribution in [0.25, 0.3) is 0 Å². The fourth-order valence-corrected chi connectivity index (χ4v) is 3.36. The van der Waals surface area contributed by atoms with Gasteiger partial charge in [0.15, 0.2) is 18.1 Å². The Hall–Kier alpha value is -3.02. The minimum atomic E-state index is -0.230. The summed E-state index contributed by atoms with van der Waals surface area (Å²) in [5, 5.41) is 6.90. The number of benzene rings is 2. The number of oxime groups is 1. The zero-order valence-corrected chi connectivity index (χ0v) is 15.3. The first kappa shape index (κ1) is 17.4. The Balaban J connectivity index is 1.32. The zero-order valence-electron chi connectivity index (χ0n) is 15.3. The third kappa shape index (κ3) is 4.05. The van der Waals surface area contributed by atoms with Crippen LogP contribution in [0, 0.1) is 0 Å². The van der Waals surface area contributed by atoms with Gasteiger partial charge in [-0.15, -0.1) is 0 Å². The number of nitrogens with zero attached hydrogens (tertiary/aromatic N) is 1. The van der Waals surface area contributed by atoms with E-state index in [4.69, 9.17) is 14.3 Å². The molecule has 0 bridgehead atoms. The quantitative estimate of drug-likeness (QED) is 0.651. The maximum atomic E-state index is 12.1.